The molecule has 0 saturated carbocycles. The third kappa shape index (κ3) is 7.79. The highest BCUT2D eigenvalue weighted by molar-refractivity contribution is 5.67. The Morgan fingerprint density at radius 2 is 1.58 bits per heavy atom. The average Bonchev–Trinajstić information content (AvgIpc) is 3.12. The van der Waals surface area contributed by atoms with Crippen molar-refractivity contribution >= 4 is 11.9 Å². The molecule has 0 N–H and O–H groups in total. The van der Waals surface area contributed by atoms with E-state index in [4.69, 9.17) is 29.2 Å². The number of ether oxygens (including phenoxy) is 5. The topological polar surface area (TPSA) is 129 Å². The molecule has 0 aromatic heterocycles. The van der Waals surface area contributed by atoms with Gasteiger partial charge >= 0.3 is 11.9 Å². The van der Waals surface area contributed by atoms with Gasteiger partial charge in [0.25, 0.3) is 0 Å². The summed E-state index contributed by atoms with van der Waals surface area (Å²) in [6.45, 7) is 3.32. The summed E-state index contributed by atoms with van der Waals surface area (Å²) in [7, 11) is 0. The highest BCUT2D eigenvalue weighted by Crippen LogP contribution is 2.40. The van der Waals surface area contributed by atoms with Gasteiger partial charge in [-0.1, -0.05) is 65.8 Å². The second-order valence-electron chi connectivity index (χ2n) is 8.49. The number of nitrogens with zero attached hydrogens (tertiary/aromatic N) is 3. The van der Waals surface area contributed by atoms with Crippen LogP contribution in [0, 0.1) is 0 Å². The van der Waals surface area contributed by atoms with Crippen LogP contribution < -0.4 is 0 Å². The fourth-order valence-corrected chi connectivity index (χ4v) is 4.18. The monoisotopic (exact) mass is 497 g/mol. The number of azide groups is 1. The minimum Gasteiger partial charge on any atom is -0.453 e. The molecule has 0 amide bonds. The first-order chi connectivity index (χ1) is 17.4. The molecule has 0 unspecified atom stereocenters. The Balaban J connectivity index is 1.90. The van der Waals surface area contributed by atoms with Gasteiger partial charge in [-0.25, -0.2) is 0 Å². The molecule has 2 aromatic rings. The molecule has 10 heteroatoms. The van der Waals surface area contributed by atoms with E-state index in [2.05, 4.69) is 10.0 Å². The van der Waals surface area contributed by atoms with Gasteiger partial charge in [-0.05, 0) is 29.5 Å². The largest absolute Gasteiger partial charge is 0.453 e. The van der Waals surface area contributed by atoms with Crippen molar-refractivity contribution < 1.29 is 33.3 Å². The maximum atomic E-state index is 12.0. The van der Waals surface area contributed by atoms with E-state index in [0.717, 1.165) is 11.1 Å². The van der Waals surface area contributed by atoms with E-state index in [9.17, 15) is 9.59 Å². The van der Waals surface area contributed by atoms with E-state index in [-0.39, 0.29) is 19.8 Å². The SMILES string of the molecule is CC(=O)O[C@H]1O[C@](CCCN=[N+]=[N-])(COCc2ccccc2)[C@@H](OCc2ccccc2)[C@H]1OC(C)=O. The summed E-state index contributed by atoms with van der Waals surface area (Å²) < 4.78 is 29.6. The van der Waals surface area contributed by atoms with Gasteiger partial charge in [0.15, 0.2) is 6.10 Å². The zero-order chi connectivity index (χ0) is 25.8. The molecule has 1 fully saturated rings. The molecule has 0 bridgehead atoms. The normalized spacial score (nSPS) is 23.0. The first-order valence-electron chi connectivity index (χ1n) is 11.7. The molecule has 1 heterocycles. The average molecular weight is 498 g/mol. The lowest BCUT2D eigenvalue weighted by Gasteiger charge is -2.34. The van der Waals surface area contributed by atoms with Crippen LogP contribution in [0.15, 0.2) is 65.8 Å². The van der Waals surface area contributed by atoms with Gasteiger partial charge in [-0.15, -0.1) is 0 Å². The van der Waals surface area contributed by atoms with E-state index in [0.29, 0.717) is 19.4 Å². The smallest absolute Gasteiger partial charge is 0.305 e. The highest BCUT2D eigenvalue weighted by atomic mass is 16.8. The number of rotatable bonds is 13. The lowest BCUT2D eigenvalue weighted by atomic mass is 9.90. The zero-order valence-corrected chi connectivity index (χ0v) is 20.4. The third-order valence-corrected chi connectivity index (χ3v) is 5.67. The van der Waals surface area contributed by atoms with Gasteiger partial charge in [0.2, 0.25) is 6.29 Å². The Hall–Kier alpha value is -3.43. The van der Waals surface area contributed by atoms with E-state index in [1.807, 2.05) is 60.7 Å². The minimum atomic E-state index is -1.19. The van der Waals surface area contributed by atoms with Crippen LogP contribution >= 0.6 is 0 Å². The van der Waals surface area contributed by atoms with Crippen molar-refractivity contribution in [2.24, 2.45) is 5.11 Å². The lowest BCUT2D eigenvalue weighted by molar-refractivity contribution is -0.213. The van der Waals surface area contributed by atoms with E-state index < -0.39 is 36.0 Å². The molecule has 1 aliphatic rings. The van der Waals surface area contributed by atoms with Gasteiger partial charge in [-0.3, -0.25) is 9.59 Å². The molecular weight excluding hydrogens is 466 g/mol. The Morgan fingerprint density at radius 3 is 2.17 bits per heavy atom. The fourth-order valence-electron chi connectivity index (χ4n) is 4.18. The standard InChI is InChI=1S/C26H31N3O7/c1-19(30)34-23-24(33-17-22-12-7-4-8-13-22)26(14-9-15-28-29-27,36-25(23)35-20(2)31)18-32-16-21-10-5-3-6-11-21/h3-8,10-13,23-25H,9,14-18H2,1-2H3/t23-,24+,25+,26-/m1/s1. The second-order valence-corrected chi connectivity index (χ2v) is 8.49. The van der Waals surface area contributed by atoms with Gasteiger partial charge in [0.05, 0.1) is 19.8 Å². The lowest BCUT2D eigenvalue weighted by Crippen LogP contribution is -2.49. The molecule has 2 aromatic carbocycles. The molecule has 3 rings (SSSR count). The van der Waals surface area contributed by atoms with Crippen LogP contribution in [0.25, 0.3) is 10.4 Å². The summed E-state index contributed by atoms with van der Waals surface area (Å²) in [6.07, 6.45) is -2.24. The number of benzene rings is 2. The first-order valence-corrected chi connectivity index (χ1v) is 11.7. The first kappa shape index (κ1) is 27.2. The molecule has 0 spiro atoms. The van der Waals surface area contributed by atoms with Crippen molar-refractivity contribution in [3.63, 3.8) is 0 Å². The molecule has 4 atom stereocenters. The van der Waals surface area contributed by atoms with Crippen LogP contribution in [-0.2, 0) is 46.5 Å². The molecule has 1 saturated heterocycles. The van der Waals surface area contributed by atoms with Crippen molar-refractivity contribution in [3.05, 3.63) is 82.2 Å². The number of carbonyl (C=O) groups is 2. The van der Waals surface area contributed by atoms with Gasteiger partial charge in [0, 0.05) is 25.3 Å². The Kier molecular flexibility index (Phi) is 10.3. The van der Waals surface area contributed by atoms with Crippen LogP contribution in [0.4, 0.5) is 0 Å². The number of hydrogen-bond donors (Lipinski definition) is 0. The quantitative estimate of drug-likeness (QED) is 0.131. The van der Waals surface area contributed by atoms with Crippen molar-refractivity contribution in [2.75, 3.05) is 13.2 Å². The molecule has 0 radical (unpaired) electrons. The Labute approximate surface area is 210 Å². The van der Waals surface area contributed by atoms with Crippen LogP contribution in [0.5, 0.6) is 0 Å². The molecule has 10 nitrogen and oxygen atoms in total. The summed E-state index contributed by atoms with van der Waals surface area (Å²) in [5.74, 6) is -1.15. The van der Waals surface area contributed by atoms with Crippen LogP contribution in [0.2, 0.25) is 0 Å². The maximum absolute atomic E-state index is 12.0. The van der Waals surface area contributed by atoms with Gasteiger partial charge < -0.3 is 23.7 Å². The van der Waals surface area contributed by atoms with Gasteiger partial charge in [-0.2, -0.15) is 0 Å². The summed E-state index contributed by atoms with van der Waals surface area (Å²) in [4.78, 5) is 26.7. The van der Waals surface area contributed by atoms with Crippen LogP contribution in [0.1, 0.15) is 37.8 Å². The third-order valence-electron chi connectivity index (χ3n) is 5.67. The summed E-state index contributed by atoms with van der Waals surface area (Å²) in [5, 5.41) is 3.62. The molecule has 36 heavy (non-hydrogen) atoms. The number of esters is 2. The number of hydrogen-bond acceptors (Lipinski definition) is 8. The van der Waals surface area contributed by atoms with Gasteiger partial charge in [0.1, 0.15) is 11.7 Å². The molecule has 0 aliphatic carbocycles. The number of carbonyl (C=O) groups excluding carboxylic acids is 2. The van der Waals surface area contributed by atoms with E-state index in [1.54, 1.807) is 0 Å². The second kappa shape index (κ2) is 13.6. The summed E-state index contributed by atoms with van der Waals surface area (Å²) in [5.41, 5.74) is 9.43. The minimum absolute atomic E-state index is 0.0626. The molecule has 192 valence electrons. The molecule has 1 aliphatic heterocycles. The fraction of sp³-hybridized carbons (Fsp3) is 0.462. The van der Waals surface area contributed by atoms with Crippen LogP contribution in [0.3, 0.4) is 0 Å². The Bertz CT molecular complexity index is 1030. The summed E-state index contributed by atoms with van der Waals surface area (Å²) in [6, 6.07) is 19.1. The maximum Gasteiger partial charge on any atom is 0.305 e. The Morgan fingerprint density at radius 1 is 0.972 bits per heavy atom. The predicted octanol–water partition coefficient (Wildman–Crippen LogP) is 4.47. The van der Waals surface area contributed by atoms with Crippen molar-refractivity contribution in [1.29, 1.82) is 0 Å². The zero-order valence-electron chi connectivity index (χ0n) is 20.4. The van der Waals surface area contributed by atoms with E-state index >= 15 is 0 Å². The van der Waals surface area contributed by atoms with Crippen molar-refractivity contribution in [3.8, 4) is 0 Å². The predicted molar refractivity (Wildman–Crippen MR) is 129 cm³/mol. The molecular formula is C26H31N3O7. The van der Waals surface area contributed by atoms with Crippen molar-refractivity contribution in [1.82, 2.24) is 0 Å². The van der Waals surface area contributed by atoms with E-state index in [1.165, 1.54) is 13.8 Å². The van der Waals surface area contributed by atoms with Crippen LogP contribution in [-0.4, -0.2) is 49.2 Å². The summed E-state index contributed by atoms with van der Waals surface area (Å²) >= 11 is 0. The highest BCUT2D eigenvalue weighted by Gasteiger charge is 2.59. The van der Waals surface area contributed by atoms with Crippen molar-refractivity contribution in [2.45, 2.75) is 64.0 Å².